The van der Waals surface area contributed by atoms with Gasteiger partial charge in [0.1, 0.15) is 0 Å². The van der Waals surface area contributed by atoms with E-state index in [9.17, 15) is 9.59 Å². The summed E-state index contributed by atoms with van der Waals surface area (Å²) >= 11 is 0. The SMILES string of the molecule is Cc1ccc(C(=O)C2CCN(C(C)C(=O)NC3CCCC3)CC2)c(C)c1. The molecule has 0 bridgehead atoms. The highest BCUT2D eigenvalue weighted by atomic mass is 16.2. The number of hydrogen-bond donors (Lipinski definition) is 1. The molecule has 0 radical (unpaired) electrons. The minimum atomic E-state index is -0.104. The number of aryl methyl sites for hydroxylation is 2. The number of amides is 1. The first-order valence-corrected chi connectivity index (χ1v) is 10.1. The van der Waals surface area contributed by atoms with Crippen molar-refractivity contribution < 1.29 is 9.59 Å². The minimum Gasteiger partial charge on any atom is -0.352 e. The molecular weight excluding hydrogens is 324 g/mol. The lowest BCUT2D eigenvalue weighted by Crippen LogP contribution is -2.50. The molecule has 0 aromatic heterocycles. The van der Waals surface area contributed by atoms with Crippen LogP contribution < -0.4 is 5.32 Å². The Morgan fingerprint density at radius 1 is 1.08 bits per heavy atom. The van der Waals surface area contributed by atoms with Crippen molar-refractivity contribution in [3.63, 3.8) is 0 Å². The van der Waals surface area contributed by atoms with E-state index in [4.69, 9.17) is 0 Å². The number of nitrogens with one attached hydrogen (secondary N) is 1. The number of carbonyl (C=O) groups is 2. The highest BCUT2D eigenvalue weighted by Gasteiger charge is 2.31. The van der Waals surface area contributed by atoms with Crippen LogP contribution in [0.5, 0.6) is 0 Å². The Balaban J connectivity index is 1.53. The summed E-state index contributed by atoms with van der Waals surface area (Å²) in [4.78, 5) is 27.6. The van der Waals surface area contributed by atoms with Gasteiger partial charge in [-0.25, -0.2) is 0 Å². The molecule has 1 atom stereocenters. The summed E-state index contributed by atoms with van der Waals surface area (Å²) in [6.45, 7) is 7.71. The molecule has 4 nitrogen and oxygen atoms in total. The molecule has 1 heterocycles. The highest BCUT2D eigenvalue weighted by molar-refractivity contribution is 5.99. The molecule has 1 N–H and O–H groups in total. The monoisotopic (exact) mass is 356 g/mol. The van der Waals surface area contributed by atoms with Gasteiger partial charge in [-0.3, -0.25) is 14.5 Å². The van der Waals surface area contributed by atoms with E-state index in [0.717, 1.165) is 49.9 Å². The van der Waals surface area contributed by atoms with Crippen LogP contribution in [-0.4, -0.2) is 41.8 Å². The van der Waals surface area contributed by atoms with Gasteiger partial charge in [0.25, 0.3) is 0 Å². The minimum absolute atomic E-state index is 0.0812. The van der Waals surface area contributed by atoms with Crippen molar-refractivity contribution in [2.75, 3.05) is 13.1 Å². The van der Waals surface area contributed by atoms with Gasteiger partial charge in [-0.2, -0.15) is 0 Å². The van der Waals surface area contributed by atoms with Crippen LogP contribution in [0.25, 0.3) is 0 Å². The van der Waals surface area contributed by atoms with Gasteiger partial charge >= 0.3 is 0 Å². The summed E-state index contributed by atoms with van der Waals surface area (Å²) in [5, 5.41) is 3.20. The van der Waals surface area contributed by atoms with Gasteiger partial charge in [0, 0.05) is 17.5 Å². The molecule has 1 amide bonds. The Labute approximate surface area is 157 Å². The van der Waals surface area contributed by atoms with Crippen LogP contribution in [0.15, 0.2) is 18.2 Å². The maximum atomic E-state index is 12.9. The lowest BCUT2D eigenvalue weighted by molar-refractivity contribution is -0.127. The zero-order valence-electron chi connectivity index (χ0n) is 16.4. The van der Waals surface area contributed by atoms with E-state index in [1.165, 1.54) is 18.4 Å². The Morgan fingerprint density at radius 3 is 2.35 bits per heavy atom. The molecule has 1 aliphatic carbocycles. The summed E-state index contributed by atoms with van der Waals surface area (Å²) in [7, 11) is 0. The standard InChI is InChI=1S/C22H32N2O2/c1-15-8-9-20(16(2)14-15)21(25)18-10-12-24(13-11-18)17(3)22(26)23-19-6-4-5-7-19/h8-9,14,17-19H,4-7,10-13H2,1-3H3,(H,23,26). The summed E-state index contributed by atoms with van der Waals surface area (Å²) in [5.41, 5.74) is 3.12. The molecule has 2 fully saturated rings. The summed E-state index contributed by atoms with van der Waals surface area (Å²) < 4.78 is 0. The zero-order valence-corrected chi connectivity index (χ0v) is 16.4. The molecule has 26 heavy (non-hydrogen) atoms. The van der Waals surface area contributed by atoms with E-state index in [1.807, 2.05) is 26.0 Å². The average Bonchev–Trinajstić information content (AvgIpc) is 3.13. The largest absolute Gasteiger partial charge is 0.352 e. The van der Waals surface area contributed by atoms with E-state index < -0.39 is 0 Å². The third kappa shape index (κ3) is 4.35. The fraction of sp³-hybridized carbons (Fsp3) is 0.636. The Hall–Kier alpha value is -1.68. The van der Waals surface area contributed by atoms with Crippen LogP contribution in [0.2, 0.25) is 0 Å². The highest BCUT2D eigenvalue weighted by Crippen LogP contribution is 2.25. The number of benzene rings is 1. The lowest BCUT2D eigenvalue weighted by Gasteiger charge is -2.35. The smallest absolute Gasteiger partial charge is 0.237 e. The van der Waals surface area contributed by atoms with Crippen LogP contribution in [0.4, 0.5) is 0 Å². The number of Topliss-reactive ketones (excluding diaryl/α,β-unsaturated/α-hetero) is 1. The fourth-order valence-electron chi connectivity index (χ4n) is 4.42. The lowest BCUT2D eigenvalue weighted by atomic mass is 9.86. The van der Waals surface area contributed by atoms with Gasteiger partial charge in [-0.1, -0.05) is 36.6 Å². The van der Waals surface area contributed by atoms with Crippen molar-refractivity contribution in [3.05, 3.63) is 34.9 Å². The number of ketones is 1. The normalized spacial score (nSPS) is 20.9. The topological polar surface area (TPSA) is 49.4 Å². The quantitative estimate of drug-likeness (QED) is 0.820. The average molecular weight is 357 g/mol. The maximum Gasteiger partial charge on any atom is 0.237 e. The van der Waals surface area contributed by atoms with Crippen LogP contribution in [-0.2, 0) is 4.79 Å². The predicted octanol–water partition coefficient (Wildman–Crippen LogP) is 3.65. The summed E-state index contributed by atoms with van der Waals surface area (Å²) in [6, 6.07) is 6.33. The first kappa shape index (κ1) is 19.1. The van der Waals surface area contributed by atoms with E-state index in [2.05, 4.69) is 23.2 Å². The molecule has 1 saturated heterocycles. The van der Waals surface area contributed by atoms with Crippen molar-refractivity contribution in [1.29, 1.82) is 0 Å². The number of piperidine rings is 1. The number of hydrogen-bond acceptors (Lipinski definition) is 3. The second-order valence-electron chi connectivity index (χ2n) is 8.16. The van der Waals surface area contributed by atoms with Gasteiger partial charge in [0.15, 0.2) is 5.78 Å². The second kappa shape index (κ2) is 8.34. The van der Waals surface area contributed by atoms with Crippen LogP contribution in [0, 0.1) is 19.8 Å². The van der Waals surface area contributed by atoms with Crippen LogP contribution >= 0.6 is 0 Å². The molecule has 1 aromatic rings. The molecular formula is C22H32N2O2. The van der Waals surface area contributed by atoms with Crippen molar-refractivity contribution >= 4 is 11.7 Å². The van der Waals surface area contributed by atoms with Gasteiger partial charge in [0.2, 0.25) is 5.91 Å². The molecule has 142 valence electrons. The Morgan fingerprint density at radius 2 is 1.73 bits per heavy atom. The molecule has 3 rings (SSSR count). The molecule has 1 unspecified atom stereocenters. The molecule has 4 heteroatoms. The Kier molecular flexibility index (Phi) is 6.13. The van der Waals surface area contributed by atoms with Gasteiger partial charge in [0.05, 0.1) is 6.04 Å². The first-order valence-electron chi connectivity index (χ1n) is 10.1. The van der Waals surface area contributed by atoms with Crippen LogP contribution in [0.3, 0.4) is 0 Å². The second-order valence-corrected chi connectivity index (χ2v) is 8.16. The van der Waals surface area contributed by atoms with Gasteiger partial charge in [-0.15, -0.1) is 0 Å². The molecule has 1 aromatic carbocycles. The van der Waals surface area contributed by atoms with E-state index in [-0.39, 0.29) is 23.7 Å². The molecule has 1 aliphatic heterocycles. The predicted molar refractivity (Wildman–Crippen MR) is 104 cm³/mol. The summed E-state index contributed by atoms with van der Waals surface area (Å²) in [6.07, 6.45) is 6.37. The van der Waals surface area contributed by atoms with E-state index >= 15 is 0 Å². The first-order chi connectivity index (χ1) is 12.5. The van der Waals surface area contributed by atoms with Gasteiger partial charge in [-0.05, 0) is 65.1 Å². The number of likely N-dealkylation sites (tertiary alicyclic amines) is 1. The summed E-state index contributed by atoms with van der Waals surface area (Å²) in [5.74, 6) is 0.499. The van der Waals surface area contributed by atoms with Crippen molar-refractivity contribution in [2.45, 2.75) is 71.4 Å². The van der Waals surface area contributed by atoms with Crippen molar-refractivity contribution in [2.24, 2.45) is 5.92 Å². The molecule has 1 saturated carbocycles. The van der Waals surface area contributed by atoms with E-state index in [1.54, 1.807) is 0 Å². The molecule has 2 aliphatic rings. The third-order valence-electron chi connectivity index (χ3n) is 6.18. The number of nitrogens with zero attached hydrogens (tertiary/aromatic N) is 1. The zero-order chi connectivity index (χ0) is 18.7. The van der Waals surface area contributed by atoms with Crippen molar-refractivity contribution in [1.82, 2.24) is 10.2 Å². The van der Waals surface area contributed by atoms with Crippen LogP contribution in [0.1, 0.15) is 66.9 Å². The Bertz CT molecular complexity index is 656. The maximum absolute atomic E-state index is 12.9. The van der Waals surface area contributed by atoms with Gasteiger partial charge < -0.3 is 5.32 Å². The van der Waals surface area contributed by atoms with E-state index in [0.29, 0.717) is 6.04 Å². The number of rotatable bonds is 5. The molecule has 0 spiro atoms. The number of carbonyl (C=O) groups excluding carboxylic acids is 2. The van der Waals surface area contributed by atoms with Crippen molar-refractivity contribution in [3.8, 4) is 0 Å². The third-order valence-corrected chi connectivity index (χ3v) is 6.18. The fourth-order valence-corrected chi connectivity index (χ4v) is 4.42.